The van der Waals surface area contributed by atoms with Crippen molar-refractivity contribution in [3.63, 3.8) is 0 Å². The number of nitrogens with one attached hydrogen (secondary N) is 1. The summed E-state index contributed by atoms with van der Waals surface area (Å²) in [5.41, 5.74) is 0. The van der Waals surface area contributed by atoms with Crippen LogP contribution < -0.4 is 5.32 Å². The number of halogens is 1. The van der Waals surface area contributed by atoms with Gasteiger partial charge in [-0.3, -0.25) is 0 Å². The molecule has 100 valence electrons. The molecule has 1 unspecified atom stereocenters. The number of nitrogens with zero attached hydrogens (tertiary/aromatic N) is 3. The van der Waals surface area contributed by atoms with E-state index < -0.39 is 0 Å². The fourth-order valence-electron chi connectivity index (χ4n) is 1.96. The third kappa shape index (κ3) is 3.12. The fraction of sp³-hybridized carbons (Fsp3) is 0.462. The van der Waals surface area contributed by atoms with Gasteiger partial charge < -0.3 is 5.32 Å². The second-order valence-corrected chi connectivity index (χ2v) is 6.42. The summed E-state index contributed by atoms with van der Waals surface area (Å²) in [5, 5.41) is 6.57. The summed E-state index contributed by atoms with van der Waals surface area (Å²) in [5.74, 6) is 2.38. The first-order chi connectivity index (χ1) is 9.26. The first-order valence-corrected chi connectivity index (χ1v) is 8.14. The molecule has 1 aliphatic carbocycles. The molecule has 2 aromatic rings. The van der Waals surface area contributed by atoms with Crippen LogP contribution in [0.2, 0.25) is 0 Å². The zero-order valence-electron chi connectivity index (χ0n) is 10.6. The van der Waals surface area contributed by atoms with Gasteiger partial charge in [-0.25, -0.2) is 15.0 Å². The van der Waals surface area contributed by atoms with Crippen LogP contribution in [0.5, 0.6) is 0 Å². The molecule has 0 bridgehead atoms. The van der Waals surface area contributed by atoms with Crippen LogP contribution in [0.3, 0.4) is 0 Å². The molecule has 0 aromatic carbocycles. The van der Waals surface area contributed by atoms with Gasteiger partial charge in [-0.2, -0.15) is 0 Å². The minimum atomic E-state index is 0.217. The van der Waals surface area contributed by atoms with Gasteiger partial charge in [0.2, 0.25) is 0 Å². The quantitative estimate of drug-likeness (QED) is 0.832. The highest BCUT2D eigenvalue weighted by Gasteiger charge is 2.27. The van der Waals surface area contributed by atoms with Gasteiger partial charge in [-0.1, -0.05) is 6.92 Å². The highest BCUT2D eigenvalue weighted by molar-refractivity contribution is 9.10. The maximum Gasteiger partial charge on any atom is 0.135 e. The average molecular weight is 339 g/mol. The van der Waals surface area contributed by atoms with E-state index in [2.05, 4.69) is 43.1 Å². The Morgan fingerprint density at radius 2 is 2.32 bits per heavy atom. The monoisotopic (exact) mass is 338 g/mol. The van der Waals surface area contributed by atoms with E-state index in [4.69, 9.17) is 0 Å². The van der Waals surface area contributed by atoms with Gasteiger partial charge in [-0.15, -0.1) is 11.3 Å². The third-order valence-electron chi connectivity index (χ3n) is 3.13. The van der Waals surface area contributed by atoms with Crippen LogP contribution in [0.4, 0.5) is 5.82 Å². The van der Waals surface area contributed by atoms with Gasteiger partial charge in [-0.05, 0) is 35.2 Å². The molecular weight excluding hydrogens is 324 g/mol. The standard InChI is InChI=1S/C13H15BrN4S/c1-2-9(13-15-5-6-19-13)16-11-7-10(14)17-12(18-11)8-3-4-8/h5-9H,2-4H2,1H3,(H,16,17,18). The molecule has 0 saturated heterocycles. The van der Waals surface area contributed by atoms with E-state index in [1.165, 1.54) is 12.8 Å². The van der Waals surface area contributed by atoms with E-state index >= 15 is 0 Å². The molecule has 6 heteroatoms. The van der Waals surface area contributed by atoms with Crippen molar-refractivity contribution in [3.05, 3.63) is 33.1 Å². The maximum absolute atomic E-state index is 4.62. The Morgan fingerprint density at radius 3 is 2.95 bits per heavy atom. The van der Waals surface area contributed by atoms with E-state index in [1.807, 2.05) is 17.6 Å². The molecular formula is C13H15BrN4S. The molecule has 4 nitrogen and oxygen atoms in total. The van der Waals surface area contributed by atoms with Crippen molar-refractivity contribution in [1.29, 1.82) is 0 Å². The number of rotatable bonds is 5. The van der Waals surface area contributed by atoms with Crippen LogP contribution in [0, 0.1) is 0 Å². The lowest BCUT2D eigenvalue weighted by atomic mass is 10.2. The van der Waals surface area contributed by atoms with Crippen molar-refractivity contribution in [2.24, 2.45) is 0 Å². The number of thiazole rings is 1. The normalized spacial score (nSPS) is 16.3. The van der Waals surface area contributed by atoms with E-state index in [-0.39, 0.29) is 6.04 Å². The lowest BCUT2D eigenvalue weighted by molar-refractivity contribution is 0.733. The summed E-state index contributed by atoms with van der Waals surface area (Å²) in [4.78, 5) is 13.4. The molecule has 19 heavy (non-hydrogen) atoms. The highest BCUT2D eigenvalue weighted by atomic mass is 79.9. The molecule has 2 heterocycles. The van der Waals surface area contributed by atoms with Gasteiger partial charge in [0, 0.05) is 23.6 Å². The van der Waals surface area contributed by atoms with Gasteiger partial charge in [0.1, 0.15) is 21.3 Å². The lowest BCUT2D eigenvalue weighted by Gasteiger charge is -2.15. The Bertz CT molecular complexity index is 554. The second kappa shape index (κ2) is 5.54. The fourth-order valence-corrected chi connectivity index (χ4v) is 3.13. The van der Waals surface area contributed by atoms with Crippen LogP contribution in [0.15, 0.2) is 22.2 Å². The zero-order chi connectivity index (χ0) is 13.2. The molecule has 1 saturated carbocycles. The van der Waals surface area contributed by atoms with E-state index in [9.17, 15) is 0 Å². The number of hydrogen-bond acceptors (Lipinski definition) is 5. The molecule has 0 spiro atoms. The van der Waals surface area contributed by atoms with Crippen LogP contribution in [-0.2, 0) is 0 Å². The summed E-state index contributed by atoms with van der Waals surface area (Å²) in [6, 6.07) is 2.15. The van der Waals surface area contributed by atoms with Gasteiger partial charge >= 0.3 is 0 Å². The Labute approximate surface area is 124 Å². The number of hydrogen-bond donors (Lipinski definition) is 1. The molecule has 0 radical (unpaired) electrons. The van der Waals surface area contributed by atoms with Gasteiger partial charge in [0.15, 0.2) is 0 Å². The molecule has 0 aliphatic heterocycles. The molecule has 1 N–H and O–H groups in total. The maximum atomic E-state index is 4.62. The molecule has 0 amide bonds. The van der Waals surface area contributed by atoms with Crippen molar-refractivity contribution in [2.75, 3.05) is 5.32 Å². The Balaban J connectivity index is 1.81. The first kappa shape index (κ1) is 13.0. The SMILES string of the molecule is CCC(Nc1cc(Br)nc(C2CC2)n1)c1nccs1. The lowest BCUT2D eigenvalue weighted by Crippen LogP contribution is -2.11. The van der Waals surface area contributed by atoms with Crippen molar-refractivity contribution in [2.45, 2.75) is 38.1 Å². The van der Waals surface area contributed by atoms with Crippen LogP contribution in [0.1, 0.15) is 49.0 Å². The summed E-state index contributed by atoms with van der Waals surface area (Å²) >= 11 is 5.14. The molecule has 3 rings (SSSR count). The minimum absolute atomic E-state index is 0.217. The van der Waals surface area contributed by atoms with E-state index in [0.717, 1.165) is 27.7 Å². The Kier molecular flexibility index (Phi) is 3.79. The molecule has 2 aromatic heterocycles. The smallest absolute Gasteiger partial charge is 0.135 e. The zero-order valence-corrected chi connectivity index (χ0v) is 13.0. The topological polar surface area (TPSA) is 50.7 Å². The second-order valence-electron chi connectivity index (χ2n) is 4.68. The molecule has 1 aliphatic rings. The van der Waals surface area contributed by atoms with E-state index in [1.54, 1.807) is 11.3 Å². The third-order valence-corrected chi connectivity index (χ3v) is 4.43. The highest BCUT2D eigenvalue weighted by Crippen LogP contribution is 2.39. The minimum Gasteiger partial charge on any atom is -0.361 e. The predicted molar refractivity (Wildman–Crippen MR) is 80.5 cm³/mol. The molecule has 1 atom stereocenters. The number of aromatic nitrogens is 3. The van der Waals surface area contributed by atoms with Gasteiger partial charge in [0.25, 0.3) is 0 Å². The average Bonchev–Trinajstić information content (AvgIpc) is 3.11. The van der Waals surface area contributed by atoms with Crippen molar-refractivity contribution < 1.29 is 0 Å². The Morgan fingerprint density at radius 1 is 1.47 bits per heavy atom. The largest absolute Gasteiger partial charge is 0.361 e. The summed E-state index contributed by atoms with van der Waals surface area (Å²) in [7, 11) is 0. The number of anilines is 1. The van der Waals surface area contributed by atoms with E-state index in [0.29, 0.717) is 5.92 Å². The van der Waals surface area contributed by atoms with Gasteiger partial charge in [0.05, 0.1) is 6.04 Å². The van der Waals surface area contributed by atoms with Crippen LogP contribution in [0.25, 0.3) is 0 Å². The summed E-state index contributed by atoms with van der Waals surface area (Å²) in [6.07, 6.45) is 5.24. The van der Waals surface area contributed by atoms with Crippen molar-refractivity contribution in [1.82, 2.24) is 15.0 Å². The van der Waals surface area contributed by atoms with Crippen molar-refractivity contribution >= 4 is 33.1 Å². The summed E-state index contributed by atoms with van der Waals surface area (Å²) < 4.78 is 0.848. The predicted octanol–water partition coefficient (Wildman–Crippen LogP) is 4.14. The van der Waals surface area contributed by atoms with Crippen molar-refractivity contribution in [3.8, 4) is 0 Å². The summed E-state index contributed by atoms with van der Waals surface area (Å²) in [6.45, 7) is 2.15. The van der Waals surface area contributed by atoms with Crippen LogP contribution in [-0.4, -0.2) is 15.0 Å². The Hall–Kier alpha value is -1.01. The van der Waals surface area contributed by atoms with Crippen LogP contribution >= 0.6 is 27.3 Å². The first-order valence-electron chi connectivity index (χ1n) is 6.46. The molecule has 1 fully saturated rings.